The first-order valence-electron chi connectivity index (χ1n) is 11.4. The number of nitrogens with zero attached hydrogens (tertiary/aromatic N) is 1. The quantitative estimate of drug-likeness (QED) is 0.661. The van der Waals surface area contributed by atoms with Crippen LogP contribution in [0.25, 0.3) is 0 Å². The molecule has 0 spiro atoms. The van der Waals surface area contributed by atoms with E-state index in [1.807, 2.05) is 24.3 Å². The average Bonchev–Trinajstić information content (AvgIpc) is 2.69. The number of amides is 3. The van der Waals surface area contributed by atoms with Gasteiger partial charge in [-0.3, -0.25) is 4.79 Å². The first kappa shape index (κ1) is 22.6. The molecule has 0 radical (unpaired) electrons. The molecule has 6 heteroatoms. The van der Waals surface area contributed by atoms with Crippen LogP contribution in [0, 0.1) is 23.7 Å². The lowest BCUT2D eigenvalue weighted by Gasteiger charge is -2.45. The lowest BCUT2D eigenvalue weighted by Crippen LogP contribution is -2.57. The lowest BCUT2D eigenvalue weighted by atomic mass is 9.68. The molecule has 2 fully saturated rings. The monoisotopic (exact) mass is 415 g/mol. The van der Waals surface area contributed by atoms with Gasteiger partial charge in [-0.2, -0.15) is 0 Å². The van der Waals surface area contributed by atoms with Gasteiger partial charge in [-0.25, -0.2) is 4.79 Å². The van der Waals surface area contributed by atoms with Crippen LogP contribution in [0.1, 0.15) is 58.4 Å². The second-order valence-corrected chi connectivity index (χ2v) is 9.66. The number of carbonyl (C=O) groups excluding carboxylic acids is 2. The van der Waals surface area contributed by atoms with Crippen LogP contribution < -0.4 is 10.6 Å². The maximum Gasteiger partial charge on any atom is 0.321 e. The van der Waals surface area contributed by atoms with E-state index in [1.165, 1.54) is 0 Å². The van der Waals surface area contributed by atoms with E-state index in [4.69, 9.17) is 0 Å². The summed E-state index contributed by atoms with van der Waals surface area (Å²) >= 11 is 0. The van der Waals surface area contributed by atoms with Crippen molar-refractivity contribution in [2.45, 2.75) is 58.9 Å². The van der Waals surface area contributed by atoms with E-state index in [2.05, 4.69) is 38.3 Å². The standard InChI is InChI=1S/C24H37N3O3/c1-15(2)18-6-5-7-21(13-18)25-24(30)27(8-9-28)14-20-12-19-11-16(3)10-17(4)22(19)26-23(20)29/h5-7,13,15-17,19-20,22,28H,8-12,14H2,1-4H3,(H,25,30)(H,26,29). The van der Waals surface area contributed by atoms with Gasteiger partial charge >= 0.3 is 6.03 Å². The number of aliphatic hydroxyl groups excluding tert-OH is 1. The molecule has 0 aromatic heterocycles. The molecular weight excluding hydrogens is 378 g/mol. The number of hydrogen-bond acceptors (Lipinski definition) is 3. The van der Waals surface area contributed by atoms with Crippen molar-refractivity contribution in [1.82, 2.24) is 10.2 Å². The number of urea groups is 1. The summed E-state index contributed by atoms with van der Waals surface area (Å²) in [5.41, 5.74) is 1.89. The topological polar surface area (TPSA) is 81.7 Å². The molecule has 1 saturated carbocycles. The Morgan fingerprint density at radius 1 is 1.27 bits per heavy atom. The fourth-order valence-electron chi connectivity index (χ4n) is 5.26. The Bertz CT molecular complexity index is 751. The second-order valence-electron chi connectivity index (χ2n) is 9.66. The van der Waals surface area contributed by atoms with E-state index < -0.39 is 0 Å². The van der Waals surface area contributed by atoms with Crippen LogP contribution in [0.4, 0.5) is 10.5 Å². The van der Waals surface area contributed by atoms with E-state index in [-0.39, 0.29) is 37.0 Å². The minimum absolute atomic E-state index is 0.0372. The van der Waals surface area contributed by atoms with Gasteiger partial charge in [-0.05, 0) is 60.6 Å². The van der Waals surface area contributed by atoms with Gasteiger partial charge in [-0.15, -0.1) is 0 Å². The van der Waals surface area contributed by atoms with Gasteiger partial charge in [0.1, 0.15) is 0 Å². The van der Waals surface area contributed by atoms with E-state index in [0.29, 0.717) is 30.2 Å². The van der Waals surface area contributed by atoms with Crippen molar-refractivity contribution in [2.75, 3.05) is 25.0 Å². The first-order valence-corrected chi connectivity index (χ1v) is 11.4. The molecule has 3 rings (SSSR count). The normalized spacial score (nSPS) is 28.6. The predicted molar refractivity (Wildman–Crippen MR) is 119 cm³/mol. The third-order valence-corrected chi connectivity index (χ3v) is 6.77. The summed E-state index contributed by atoms with van der Waals surface area (Å²) in [5.74, 6) is 1.80. The number of anilines is 1. The van der Waals surface area contributed by atoms with Gasteiger partial charge in [0, 0.05) is 24.8 Å². The van der Waals surface area contributed by atoms with Crippen LogP contribution in [0.2, 0.25) is 0 Å². The zero-order valence-electron chi connectivity index (χ0n) is 18.7. The van der Waals surface area contributed by atoms with E-state index in [0.717, 1.165) is 30.5 Å². The number of benzene rings is 1. The summed E-state index contributed by atoms with van der Waals surface area (Å²) in [4.78, 5) is 27.3. The molecule has 1 aliphatic carbocycles. The van der Waals surface area contributed by atoms with Crippen molar-refractivity contribution in [1.29, 1.82) is 0 Å². The Hall–Kier alpha value is -2.08. The van der Waals surface area contributed by atoms with E-state index >= 15 is 0 Å². The Labute approximate surface area is 180 Å². The van der Waals surface area contributed by atoms with Crippen LogP contribution >= 0.6 is 0 Å². The molecule has 3 N–H and O–H groups in total. The van der Waals surface area contributed by atoms with Crippen LogP contribution in [0.15, 0.2) is 24.3 Å². The molecule has 1 heterocycles. The number of fused-ring (bicyclic) bond motifs is 1. The molecule has 166 valence electrons. The van der Waals surface area contributed by atoms with Crippen LogP contribution in [0.3, 0.4) is 0 Å². The van der Waals surface area contributed by atoms with Crippen LogP contribution in [0.5, 0.6) is 0 Å². The molecule has 1 aromatic carbocycles. The van der Waals surface area contributed by atoms with E-state index in [1.54, 1.807) is 4.90 Å². The summed E-state index contributed by atoms with van der Waals surface area (Å²) in [5, 5.41) is 15.7. The summed E-state index contributed by atoms with van der Waals surface area (Å²) in [6.45, 7) is 9.14. The Balaban J connectivity index is 1.66. The van der Waals surface area contributed by atoms with Gasteiger partial charge in [-0.1, -0.05) is 39.8 Å². The molecular formula is C24H37N3O3. The zero-order valence-corrected chi connectivity index (χ0v) is 18.7. The molecule has 1 aliphatic heterocycles. The SMILES string of the molecule is CC1CC(C)C2NC(=O)C(CN(CCO)C(=O)Nc3cccc(C(C)C)c3)CC2C1. The molecule has 1 saturated heterocycles. The van der Waals surface area contributed by atoms with Gasteiger partial charge in [0.25, 0.3) is 0 Å². The van der Waals surface area contributed by atoms with Gasteiger partial charge in [0.05, 0.1) is 12.5 Å². The van der Waals surface area contributed by atoms with Gasteiger partial charge in [0.2, 0.25) is 5.91 Å². The highest BCUT2D eigenvalue weighted by molar-refractivity contribution is 5.90. The number of aliphatic hydroxyl groups is 1. The molecule has 1 aromatic rings. The van der Waals surface area contributed by atoms with Crippen molar-refractivity contribution in [3.05, 3.63) is 29.8 Å². The summed E-state index contributed by atoms with van der Waals surface area (Å²) < 4.78 is 0. The second kappa shape index (κ2) is 9.82. The molecule has 5 atom stereocenters. The maximum atomic E-state index is 12.9. The molecule has 0 bridgehead atoms. The zero-order chi connectivity index (χ0) is 21.8. The van der Waals surface area contributed by atoms with E-state index in [9.17, 15) is 14.7 Å². The third kappa shape index (κ3) is 5.34. The highest BCUT2D eigenvalue weighted by Gasteiger charge is 2.42. The number of hydrogen-bond donors (Lipinski definition) is 3. The summed E-state index contributed by atoms with van der Waals surface area (Å²) in [7, 11) is 0. The van der Waals surface area contributed by atoms with Gasteiger partial charge < -0.3 is 20.6 Å². The summed E-state index contributed by atoms with van der Waals surface area (Å²) in [6.07, 6.45) is 3.09. The number of rotatable bonds is 6. The first-order chi connectivity index (χ1) is 14.3. The fourth-order valence-corrected chi connectivity index (χ4v) is 5.26. The van der Waals surface area contributed by atoms with Crippen molar-refractivity contribution in [2.24, 2.45) is 23.7 Å². The van der Waals surface area contributed by atoms with Gasteiger partial charge in [0.15, 0.2) is 0 Å². The lowest BCUT2D eigenvalue weighted by molar-refractivity contribution is -0.131. The Kier molecular flexibility index (Phi) is 7.40. The Morgan fingerprint density at radius 2 is 2.03 bits per heavy atom. The highest BCUT2D eigenvalue weighted by Crippen LogP contribution is 2.39. The summed E-state index contributed by atoms with van der Waals surface area (Å²) in [6, 6.07) is 7.79. The minimum Gasteiger partial charge on any atom is -0.395 e. The van der Waals surface area contributed by atoms with Crippen molar-refractivity contribution < 1.29 is 14.7 Å². The van der Waals surface area contributed by atoms with Crippen molar-refractivity contribution in [3.8, 4) is 0 Å². The smallest absolute Gasteiger partial charge is 0.321 e. The minimum atomic E-state index is -0.273. The predicted octanol–water partition coefficient (Wildman–Crippen LogP) is 3.82. The number of piperidine rings is 1. The number of nitrogens with one attached hydrogen (secondary N) is 2. The maximum absolute atomic E-state index is 12.9. The van der Waals surface area contributed by atoms with Crippen molar-refractivity contribution >= 4 is 17.6 Å². The molecule has 30 heavy (non-hydrogen) atoms. The Morgan fingerprint density at radius 3 is 2.73 bits per heavy atom. The molecule has 3 amide bonds. The largest absolute Gasteiger partial charge is 0.395 e. The molecule has 6 nitrogen and oxygen atoms in total. The third-order valence-electron chi connectivity index (χ3n) is 6.77. The fraction of sp³-hybridized carbons (Fsp3) is 0.667. The number of carbonyl (C=O) groups is 2. The molecule has 5 unspecified atom stereocenters. The molecule has 2 aliphatic rings. The highest BCUT2D eigenvalue weighted by atomic mass is 16.3. The van der Waals surface area contributed by atoms with Crippen LogP contribution in [-0.4, -0.2) is 47.7 Å². The average molecular weight is 416 g/mol. The van der Waals surface area contributed by atoms with Crippen molar-refractivity contribution in [3.63, 3.8) is 0 Å². The van der Waals surface area contributed by atoms with Crippen LogP contribution in [-0.2, 0) is 4.79 Å².